The highest BCUT2D eigenvalue weighted by Crippen LogP contribution is 2.20. The standard InChI is InChI=1S/C16H23N3/c1-3-13(4-2)10-17-11-15-12-18-19-16(15)14-8-6-5-7-9-14/h5-9,12-13,17H,3-4,10-11H2,1-2H3,(H,18,19). The van der Waals surface area contributed by atoms with E-state index >= 15 is 0 Å². The van der Waals surface area contributed by atoms with Crippen molar-refractivity contribution < 1.29 is 0 Å². The lowest BCUT2D eigenvalue weighted by molar-refractivity contribution is 0.450. The Labute approximate surface area is 115 Å². The number of aromatic amines is 1. The van der Waals surface area contributed by atoms with Crippen LogP contribution in [0.15, 0.2) is 36.5 Å². The van der Waals surface area contributed by atoms with E-state index in [1.54, 1.807) is 0 Å². The molecule has 0 aliphatic carbocycles. The van der Waals surface area contributed by atoms with Crippen molar-refractivity contribution in [3.05, 3.63) is 42.1 Å². The Hall–Kier alpha value is -1.61. The molecule has 3 heteroatoms. The molecule has 19 heavy (non-hydrogen) atoms. The van der Waals surface area contributed by atoms with E-state index in [1.807, 2.05) is 12.3 Å². The summed E-state index contributed by atoms with van der Waals surface area (Å²) in [5.41, 5.74) is 3.55. The number of nitrogens with zero attached hydrogens (tertiary/aromatic N) is 1. The van der Waals surface area contributed by atoms with E-state index in [2.05, 4.69) is 53.6 Å². The molecular formula is C16H23N3. The van der Waals surface area contributed by atoms with Gasteiger partial charge in [-0.05, 0) is 18.0 Å². The van der Waals surface area contributed by atoms with Crippen molar-refractivity contribution in [2.75, 3.05) is 6.54 Å². The van der Waals surface area contributed by atoms with E-state index in [9.17, 15) is 0 Å². The minimum Gasteiger partial charge on any atom is -0.312 e. The number of hydrogen-bond donors (Lipinski definition) is 2. The van der Waals surface area contributed by atoms with Gasteiger partial charge in [0.1, 0.15) is 0 Å². The second-order valence-corrected chi connectivity index (χ2v) is 4.95. The van der Waals surface area contributed by atoms with Crippen LogP contribution in [0.4, 0.5) is 0 Å². The monoisotopic (exact) mass is 257 g/mol. The molecule has 1 aromatic heterocycles. The van der Waals surface area contributed by atoms with Gasteiger partial charge in [-0.25, -0.2) is 0 Å². The molecule has 2 rings (SSSR count). The summed E-state index contributed by atoms with van der Waals surface area (Å²) in [5, 5.41) is 10.8. The largest absolute Gasteiger partial charge is 0.312 e. The van der Waals surface area contributed by atoms with Gasteiger partial charge in [0.15, 0.2) is 0 Å². The average Bonchev–Trinajstić information content (AvgIpc) is 2.93. The van der Waals surface area contributed by atoms with Crippen molar-refractivity contribution in [3.8, 4) is 11.3 Å². The number of benzene rings is 1. The first-order chi connectivity index (χ1) is 9.35. The van der Waals surface area contributed by atoms with E-state index in [0.717, 1.165) is 24.7 Å². The van der Waals surface area contributed by atoms with E-state index in [0.29, 0.717) is 0 Å². The third-order valence-electron chi connectivity index (χ3n) is 3.68. The van der Waals surface area contributed by atoms with Gasteiger partial charge in [-0.1, -0.05) is 57.0 Å². The fraction of sp³-hybridized carbons (Fsp3) is 0.438. The molecule has 0 unspecified atom stereocenters. The molecule has 3 nitrogen and oxygen atoms in total. The fourth-order valence-corrected chi connectivity index (χ4v) is 2.29. The van der Waals surface area contributed by atoms with Crippen molar-refractivity contribution in [1.82, 2.24) is 15.5 Å². The lowest BCUT2D eigenvalue weighted by Crippen LogP contribution is -2.21. The van der Waals surface area contributed by atoms with E-state index in [-0.39, 0.29) is 0 Å². The van der Waals surface area contributed by atoms with Crippen LogP contribution in [0.1, 0.15) is 32.3 Å². The van der Waals surface area contributed by atoms with Gasteiger partial charge in [-0.3, -0.25) is 5.10 Å². The summed E-state index contributed by atoms with van der Waals surface area (Å²) in [5.74, 6) is 0.770. The van der Waals surface area contributed by atoms with Gasteiger partial charge in [-0.2, -0.15) is 5.10 Å². The predicted molar refractivity (Wildman–Crippen MR) is 79.8 cm³/mol. The van der Waals surface area contributed by atoms with Gasteiger partial charge in [0.2, 0.25) is 0 Å². The SMILES string of the molecule is CCC(CC)CNCc1cn[nH]c1-c1ccccc1. The Morgan fingerprint density at radius 3 is 2.58 bits per heavy atom. The number of hydrogen-bond acceptors (Lipinski definition) is 2. The normalized spacial score (nSPS) is 11.1. The third kappa shape index (κ3) is 3.67. The summed E-state index contributed by atoms with van der Waals surface area (Å²) in [7, 11) is 0. The van der Waals surface area contributed by atoms with Gasteiger partial charge < -0.3 is 5.32 Å². The Kier molecular flexibility index (Phi) is 5.16. The van der Waals surface area contributed by atoms with E-state index < -0.39 is 0 Å². The maximum Gasteiger partial charge on any atom is 0.0695 e. The number of nitrogens with one attached hydrogen (secondary N) is 2. The zero-order chi connectivity index (χ0) is 13.5. The molecule has 1 heterocycles. The number of rotatable bonds is 7. The Morgan fingerprint density at radius 2 is 1.89 bits per heavy atom. The van der Waals surface area contributed by atoms with Gasteiger partial charge in [0, 0.05) is 12.1 Å². The molecule has 0 saturated heterocycles. The van der Waals surface area contributed by atoms with Crippen LogP contribution in [0.25, 0.3) is 11.3 Å². The summed E-state index contributed by atoms with van der Waals surface area (Å²) in [4.78, 5) is 0. The fourth-order valence-electron chi connectivity index (χ4n) is 2.29. The zero-order valence-corrected chi connectivity index (χ0v) is 11.8. The summed E-state index contributed by atoms with van der Waals surface area (Å²) >= 11 is 0. The molecule has 0 spiro atoms. The van der Waals surface area contributed by atoms with Crippen molar-refractivity contribution in [2.24, 2.45) is 5.92 Å². The topological polar surface area (TPSA) is 40.7 Å². The lowest BCUT2D eigenvalue weighted by atomic mass is 10.0. The van der Waals surface area contributed by atoms with Crippen LogP contribution in [0, 0.1) is 5.92 Å². The third-order valence-corrected chi connectivity index (χ3v) is 3.68. The van der Waals surface area contributed by atoms with Crippen LogP contribution in [-0.2, 0) is 6.54 Å². The second kappa shape index (κ2) is 7.10. The zero-order valence-electron chi connectivity index (χ0n) is 11.8. The van der Waals surface area contributed by atoms with E-state index in [1.165, 1.54) is 24.0 Å². The first kappa shape index (κ1) is 13.8. The van der Waals surface area contributed by atoms with Crippen molar-refractivity contribution in [2.45, 2.75) is 33.2 Å². The minimum atomic E-state index is 0.770. The van der Waals surface area contributed by atoms with Gasteiger partial charge in [-0.15, -0.1) is 0 Å². The summed E-state index contributed by atoms with van der Waals surface area (Å²) in [6.07, 6.45) is 4.39. The minimum absolute atomic E-state index is 0.770. The Morgan fingerprint density at radius 1 is 1.16 bits per heavy atom. The summed E-state index contributed by atoms with van der Waals surface area (Å²) in [6.45, 7) is 6.45. The highest BCUT2D eigenvalue weighted by atomic mass is 15.1. The molecule has 0 fully saturated rings. The molecule has 0 saturated carbocycles. The molecule has 0 amide bonds. The molecule has 0 radical (unpaired) electrons. The maximum absolute atomic E-state index is 4.17. The van der Waals surface area contributed by atoms with Crippen LogP contribution < -0.4 is 5.32 Å². The molecule has 0 atom stereocenters. The molecule has 0 bridgehead atoms. The highest BCUT2D eigenvalue weighted by molar-refractivity contribution is 5.62. The molecule has 102 valence electrons. The Bertz CT molecular complexity index is 472. The average molecular weight is 257 g/mol. The molecule has 0 aliphatic heterocycles. The van der Waals surface area contributed by atoms with Gasteiger partial charge >= 0.3 is 0 Å². The van der Waals surface area contributed by atoms with Gasteiger partial charge in [0.05, 0.1) is 11.9 Å². The van der Waals surface area contributed by atoms with Crippen molar-refractivity contribution >= 4 is 0 Å². The molecule has 2 aromatic rings. The van der Waals surface area contributed by atoms with Crippen LogP contribution in [0.2, 0.25) is 0 Å². The molecule has 2 N–H and O–H groups in total. The number of H-pyrrole nitrogens is 1. The lowest BCUT2D eigenvalue weighted by Gasteiger charge is -2.13. The second-order valence-electron chi connectivity index (χ2n) is 4.95. The smallest absolute Gasteiger partial charge is 0.0695 e. The molecule has 0 aliphatic rings. The van der Waals surface area contributed by atoms with Crippen molar-refractivity contribution in [3.63, 3.8) is 0 Å². The van der Waals surface area contributed by atoms with Crippen molar-refractivity contribution in [1.29, 1.82) is 0 Å². The summed E-state index contributed by atoms with van der Waals surface area (Å²) < 4.78 is 0. The first-order valence-electron chi connectivity index (χ1n) is 7.13. The quantitative estimate of drug-likeness (QED) is 0.795. The van der Waals surface area contributed by atoms with Crippen LogP contribution in [0.3, 0.4) is 0 Å². The molecule has 1 aromatic carbocycles. The van der Waals surface area contributed by atoms with Crippen LogP contribution >= 0.6 is 0 Å². The highest BCUT2D eigenvalue weighted by Gasteiger charge is 2.08. The van der Waals surface area contributed by atoms with Crippen LogP contribution in [0.5, 0.6) is 0 Å². The molecular weight excluding hydrogens is 234 g/mol. The summed E-state index contributed by atoms with van der Waals surface area (Å²) in [6, 6.07) is 10.4. The predicted octanol–water partition coefficient (Wildman–Crippen LogP) is 3.60. The number of aromatic nitrogens is 2. The van der Waals surface area contributed by atoms with E-state index in [4.69, 9.17) is 0 Å². The van der Waals surface area contributed by atoms with Gasteiger partial charge in [0.25, 0.3) is 0 Å². The maximum atomic E-state index is 4.17. The first-order valence-corrected chi connectivity index (χ1v) is 7.13. The Balaban J connectivity index is 1.97. The van der Waals surface area contributed by atoms with Crippen LogP contribution in [-0.4, -0.2) is 16.7 Å².